The SMILES string of the molecule is Cc1ccccc1CCN1CCCC1=O. The van der Waals surface area contributed by atoms with Gasteiger partial charge in [0.25, 0.3) is 0 Å². The Kier molecular flexibility index (Phi) is 3.05. The second kappa shape index (κ2) is 4.47. The second-order valence-corrected chi connectivity index (χ2v) is 4.16. The highest BCUT2D eigenvalue weighted by atomic mass is 16.2. The van der Waals surface area contributed by atoms with E-state index in [1.807, 2.05) is 4.90 Å². The zero-order valence-corrected chi connectivity index (χ0v) is 9.20. The molecule has 2 rings (SSSR count). The molecule has 15 heavy (non-hydrogen) atoms. The van der Waals surface area contributed by atoms with E-state index in [0.717, 1.165) is 32.4 Å². The Hall–Kier alpha value is -1.31. The molecule has 0 atom stereocenters. The van der Waals surface area contributed by atoms with Crippen LogP contribution in [0, 0.1) is 6.92 Å². The molecule has 2 heteroatoms. The second-order valence-electron chi connectivity index (χ2n) is 4.16. The summed E-state index contributed by atoms with van der Waals surface area (Å²) in [6, 6.07) is 8.39. The Balaban J connectivity index is 1.93. The van der Waals surface area contributed by atoms with Crippen LogP contribution in [0.25, 0.3) is 0 Å². The van der Waals surface area contributed by atoms with E-state index in [1.54, 1.807) is 0 Å². The van der Waals surface area contributed by atoms with Crippen LogP contribution in [-0.4, -0.2) is 23.9 Å². The molecule has 1 aromatic carbocycles. The predicted octanol–water partition coefficient (Wildman–Crippen LogP) is 2.16. The fourth-order valence-electron chi connectivity index (χ4n) is 2.09. The van der Waals surface area contributed by atoms with Crippen LogP contribution in [0.3, 0.4) is 0 Å². The first-order valence-electron chi connectivity index (χ1n) is 5.59. The molecule has 1 aliphatic heterocycles. The van der Waals surface area contributed by atoms with Crippen molar-refractivity contribution >= 4 is 5.91 Å². The summed E-state index contributed by atoms with van der Waals surface area (Å²) in [5.41, 5.74) is 2.68. The number of amides is 1. The van der Waals surface area contributed by atoms with Gasteiger partial charge in [0.1, 0.15) is 0 Å². The van der Waals surface area contributed by atoms with Crippen molar-refractivity contribution in [3.63, 3.8) is 0 Å². The first-order chi connectivity index (χ1) is 7.27. The summed E-state index contributed by atoms with van der Waals surface area (Å²) >= 11 is 0. The molecule has 0 bridgehead atoms. The van der Waals surface area contributed by atoms with E-state index in [0.29, 0.717) is 5.91 Å². The topological polar surface area (TPSA) is 20.3 Å². The van der Waals surface area contributed by atoms with Gasteiger partial charge in [-0.25, -0.2) is 0 Å². The highest BCUT2D eigenvalue weighted by Crippen LogP contribution is 2.13. The monoisotopic (exact) mass is 203 g/mol. The highest BCUT2D eigenvalue weighted by molar-refractivity contribution is 5.78. The van der Waals surface area contributed by atoms with Crippen molar-refractivity contribution < 1.29 is 4.79 Å². The first kappa shape index (κ1) is 10.2. The van der Waals surface area contributed by atoms with Gasteiger partial charge in [0.15, 0.2) is 0 Å². The lowest BCUT2D eigenvalue weighted by molar-refractivity contribution is -0.127. The molecule has 1 fully saturated rings. The number of hydrogen-bond acceptors (Lipinski definition) is 1. The third kappa shape index (κ3) is 2.38. The van der Waals surface area contributed by atoms with Gasteiger partial charge in [-0.15, -0.1) is 0 Å². The summed E-state index contributed by atoms with van der Waals surface area (Å²) in [6.45, 7) is 3.95. The lowest BCUT2D eigenvalue weighted by Gasteiger charge is -2.15. The quantitative estimate of drug-likeness (QED) is 0.737. The van der Waals surface area contributed by atoms with Gasteiger partial charge in [-0.2, -0.15) is 0 Å². The van der Waals surface area contributed by atoms with Crippen LogP contribution in [0.5, 0.6) is 0 Å². The molecule has 0 radical (unpaired) electrons. The molecule has 1 saturated heterocycles. The Labute approximate surface area is 90.9 Å². The van der Waals surface area contributed by atoms with E-state index in [9.17, 15) is 4.79 Å². The maximum atomic E-state index is 11.4. The number of likely N-dealkylation sites (tertiary alicyclic amines) is 1. The molecule has 1 amide bonds. The molecular formula is C13H17NO. The molecule has 0 N–H and O–H groups in total. The van der Waals surface area contributed by atoms with Crippen LogP contribution >= 0.6 is 0 Å². The van der Waals surface area contributed by atoms with Crippen molar-refractivity contribution in [2.75, 3.05) is 13.1 Å². The standard InChI is InChI=1S/C13H17NO/c1-11-5-2-3-6-12(11)8-10-14-9-4-7-13(14)15/h2-3,5-6H,4,7-10H2,1H3. The van der Waals surface area contributed by atoms with Gasteiger partial charge in [0.05, 0.1) is 0 Å². The summed E-state index contributed by atoms with van der Waals surface area (Å²) in [7, 11) is 0. The Morgan fingerprint density at radius 1 is 1.33 bits per heavy atom. The van der Waals surface area contributed by atoms with Gasteiger partial charge in [-0.05, 0) is 30.9 Å². The number of aryl methyl sites for hydroxylation is 1. The van der Waals surface area contributed by atoms with Crippen LogP contribution in [0.2, 0.25) is 0 Å². The molecule has 2 nitrogen and oxygen atoms in total. The van der Waals surface area contributed by atoms with Crippen LogP contribution in [0.15, 0.2) is 24.3 Å². The third-order valence-electron chi connectivity index (χ3n) is 3.08. The molecule has 1 heterocycles. The minimum atomic E-state index is 0.323. The van der Waals surface area contributed by atoms with Crippen molar-refractivity contribution in [1.29, 1.82) is 0 Å². The van der Waals surface area contributed by atoms with Crippen molar-refractivity contribution in [1.82, 2.24) is 4.90 Å². The summed E-state index contributed by atoms with van der Waals surface area (Å²) in [4.78, 5) is 13.4. The Bertz CT molecular complexity index is 359. The van der Waals surface area contributed by atoms with Crippen LogP contribution in [0.4, 0.5) is 0 Å². The number of nitrogens with zero attached hydrogens (tertiary/aromatic N) is 1. The Morgan fingerprint density at radius 2 is 2.13 bits per heavy atom. The molecule has 0 spiro atoms. The number of hydrogen-bond donors (Lipinski definition) is 0. The average molecular weight is 203 g/mol. The summed E-state index contributed by atoms with van der Waals surface area (Å²) in [5, 5.41) is 0. The van der Waals surface area contributed by atoms with E-state index in [-0.39, 0.29) is 0 Å². The van der Waals surface area contributed by atoms with Gasteiger partial charge in [-0.3, -0.25) is 4.79 Å². The molecule has 80 valence electrons. The fourth-order valence-corrected chi connectivity index (χ4v) is 2.09. The summed E-state index contributed by atoms with van der Waals surface area (Å²) in [6.07, 6.45) is 2.76. The fraction of sp³-hybridized carbons (Fsp3) is 0.462. The van der Waals surface area contributed by atoms with E-state index in [1.165, 1.54) is 11.1 Å². The molecule has 0 unspecified atom stereocenters. The van der Waals surface area contributed by atoms with Gasteiger partial charge >= 0.3 is 0 Å². The largest absolute Gasteiger partial charge is 0.342 e. The van der Waals surface area contributed by atoms with Gasteiger partial charge in [0, 0.05) is 19.5 Å². The molecule has 0 saturated carbocycles. The van der Waals surface area contributed by atoms with Crippen molar-refractivity contribution in [2.45, 2.75) is 26.2 Å². The first-order valence-corrected chi connectivity index (χ1v) is 5.59. The normalized spacial score (nSPS) is 16.1. The smallest absolute Gasteiger partial charge is 0.222 e. The van der Waals surface area contributed by atoms with E-state index >= 15 is 0 Å². The number of benzene rings is 1. The van der Waals surface area contributed by atoms with Crippen molar-refractivity contribution in [2.24, 2.45) is 0 Å². The third-order valence-corrected chi connectivity index (χ3v) is 3.08. The van der Waals surface area contributed by atoms with Gasteiger partial charge < -0.3 is 4.90 Å². The summed E-state index contributed by atoms with van der Waals surface area (Å²) in [5.74, 6) is 0.323. The number of carbonyl (C=O) groups excluding carboxylic acids is 1. The van der Waals surface area contributed by atoms with Crippen LogP contribution in [-0.2, 0) is 11.2 Å². The number of rotatable bonds is 3. The lowest BCUT2D eigenvalue weighted by atomic mass is 10.1. The van der Waals surface area contributed by atoms with Crippen LogP contribution < -0.4 is 0 Å². The maximum absolute atomic E-state index is 11.4. The molecule has 0 aromatic heterocycles. The average Bonchev–Trinajstić information content (AvgIpc) is 2.63. The van der Waals surface area contributed by atoms with Gasteiger partial charge in [0.2, 0.25) is 5.91 Å². The lowest BCUT2D eigenvalue weighted by Crippen LogP contribution is -2.27. The zero-order valence-electron chi connectivity index (χ0n) is 9.20. The predicted molar refractivity (Wildman–Crippen MR) is 60.7 cm³/mol. The molecule has 1 aromatic rings. The van der Waals surface area contributed by atoms with E-state index in [4.69, 9.17) is 0 Å². The highest BCUT2D eigenvalue weighted by Gasteiger charge is 2.19. The zero-order chi connectivity index (χ0) is 10.7. The van der Waals surface area contributed by atoms with Crippen molar-refractivity contribution in [3.8, 4) is 0 Å². The minimum Gasteiger partial charge on any atom is -0.342 e. The van der Waals surface area contributed by atoms with Crippen LogP contribution in [0.1, 0.15) is 24.0 Å². The van der Waals surface area contributed by atoms with E-state index in [2.05, 4.69) is 31.2 Å². The number of carbonyl (C=O) groups is 1. The summed E-state index contributed by atoms with van der Waals surface area (Å²) < 4.78 is 0. The molecule has 1 aliphatic rings. The van der Waals surface area contributed by atoms with Crippen molar-refractivity contribution in [3.05, 3.63) is 35.4 Å². The minimum absolute atomic E-state index is 0.323. The molecule has 0 aliphatic carbocycles. The maximum Gasteiger partial charge on any atom is 0.222 e. The Morgan fingerprint density at radius 3 is 2.80 bits per heavy atom. The van der Waals surface area contributed by atoms with Gasteiger partial charge in [-0.1, -0.05) is 24.3 Å². The van der Waals surface area contributed by atoms with E-state index < -0.39 is 0 Å². The molecular weight excluding hydrogens is 186 g/mol.